The Bertz CT molecular complexity index is 584. The van der Waals surface area contributed by atoms with Gasteiger partial charge in [0.1, 0.15) is 11.6 Å². The van der Waals surface area contributed by atoms with Crippen molar-refractivity contribution in [3.05, 3.63) is 30.3 Å². The number of carbonyl (C=O) groups excluding carboxylic acids is 1. The van der Waals surface area contributed by atoms with Crippen LogP contribution in [0, 0.1) is 0 Å². The molecule has 1 aromatic heterocycles. The number of carbonyl (C=O) groups is 1. The number of nitrogens with one attached hydrogen (secondary N) is 2. The minimum absolute atomic E-state index is 0.0425. The number of fused-ring (bicyclic) bond motifs is 1. The van der Waals surface area contributed by atoms with Crippen LogP contribution in [-0.4, -0.2) is 31.1 Å². The van der Waals surface area contributed by atoms with Gasteiger partial charge in [-0.3, -0.25) is 4.79 Å². The van der Waals surface area contributed by atoms with Crippen molar-refractivity contribution in [2.75, 3.05) is 25.5 Å². The Kier molecular flexibility index (Phi) is 4.18. The van der Waals surface area contributed by atoms with E-state index in [1.165, 1.54) is 0 Å². The molecule has 1 amide bonds. The third-order valence-corrected chi connectivity index (χ3v) is 2.70. The molecule has 2 N–H and O–H groups in total. The van der Waals surface area contributed by atoms with Crippen molar-refractivity contribution in [1.82, 2.24) is 10.3 Å². The summed E-state index contributed by atoms with van der Waals surface area (Å²) in [5.41, 5.74) is 0.863. The number of amides is 1. The number of methoxy groups -OCH3 is 1. The van der Waals surface area contributed by atoms with Crippen molar-refractivity contribution >= 4 is 22.6 Å². The van der Waals surface area contributed by atoms with Crippen molar-refractivity contribution in [1.29, 1.82) is 0 Å². The van der Waals surface area contributed by atoms with E-state index in [2.05, 4.69) is 15.6 Å². The Morgan fingerprint density at radius 2 is 2.16 bits per heavy atom. The normalized spacial score (nSPS) is 10.2. The number of nitrogens with zero attached hydrogens (tertiary/aromatic N) is 1. The molecular formula is C14H17N3O2. The van der Waals surface area contributed by atoms with Gasteiger partial charge in [0.15, 0.2) is 0 Å². The average Bonchev–Trinajstić information content (AvgIpc) is 2.44. The lowest BCUT2D eigenvalue weighted by Crippen LogP contribution is -2.29. The monoisotopic (exact) mass is 259 g/mol. The number of pyridine rings is 1. The molecule has 100 valence electrons. The molecule has 0 atom stereocenters. The van der Waals surface area contributed by atoms with Gasteiger partial charge < -0.3 is 15.4 Å². The molecule has 0 spiro atoms. The lowest BCUT2D eigenvalue weighted by Gasteiger charge is -2.07. The van der Waals surface area contributed by atoms with Gasteiger partial charge in [-0.05, 0) is 37.3 Å². The topological polar surface area (TPSA) is 63.2 Å². The van der Waals surface area contributed by atoms with Crippen molar-refractivity contribution in [2.45, 2.75) is 6.92 Å². The maximum atomic E-state index is 11.3. The summed E-state index contributed by atoms with van der Waals surface area (Å²) in [6.45, 7) is 2.74. The van der Waals surface area contributed by atoms with Gasteiger partial charge in [0.25, 0.3) is 0 Å². The van der Waals surface area contributed by atoms with Gasteiger partial charge >= 0.3 is 0 Å². The molecule has 2 rings (SSSR count). The molecule has 1 heterocycles. The van der Waals surface area contributed by atoms with Crippen LogP contribution in [0.5, 0.6) is 5.75 Å². The van der Waals surface area contributed by atoms with E-state index < -0.39 is 0 Å². The Morgan fingerprint density at radius 3 is 2.89 bits per heavy atom. The smallest absolute Gasteiger partial charge is 0.239 e. The third kappa shape index (κ3) is 3.34. The zero-order valence-electron chi connectivity index (χ0n) is 11.1. The predicted molar refractivity (Wildman–Crippen MR) is 75.5 cm³/mol. The lowest BCUT2D eigenvalue weighted by atomic mass is 10.2. The van der Waals surface area contributed by atoms with Crippen LogP contribution in [0.3, 0.4) is 0 Å². The van der Waals surface area contributed by atoms with E-state index in [0.29, 0.717) is 12.4 Å². The molecule has 0 aliphatic heterocycles. The Balaban J connectivity index is 2.11. The molecule has 0 unspecified atom stereocenters. The van der Waals surface area contributed by atoms with Gasteiger partial charge in [-0.25, -0.2) is 4.98 Å². The average molecular weight is 259 g/mol. The van der Waals surface area contributed by atoms with Gasteiger partial charge in [0, 0.05) is 11.9 Å². The Morgan fingerprint density at radius 1 is 1.32 bits per heavy atom. The zero-order valence-corrected chi connectivity index (χ0v) is 11.1. The van der Waals surface area contributed by atoms with Crippen LogP contribution in [-0.2, 0) is 4.79 Å². The van der Waals surface area contributed by atoms with Gasteiger partial charge in [-0.1, -0.05) is 0 Å². The summed E-state index contributed by atoms with van der Waals surface area (Å²) >= 11 is 0. The molecule has 0 bridgehead atoms. The maximum Gasteiger partial charge on any atom is 0.239 e. The highest BCUT2D eigenvalue weighted by Crippen LogP contribution is 2.20. The molecule has 0 radical (unpaired) electrons. The number of ether oxygens (including phenoxy) is 1. The maximum absolute atomic E-state index is 11.3. The molecule has 0 aliphatic carbocycles. The molecule has 0 aliphatic rings. The van der Waals surface area contributed by atoms with E-state index in [1.807, 2.05) is 37.3 Å². The number of likely N-dealkylation sites (N-methyl/N-ethyl adjacent to an activating group) is 1. The van der Waals surface area contributed by atoms with Gasteiger partial charge in [-0.2, -0.15) is 0 Å². The van der Waals surface area contributed by atoms with Crippen LogP contribution in [0.25, 0.3) is 10.9 Å². The van der Waals surface area contributed by atoms with Crippen molar-refractivity contribution in [2.24, 2.45) is 0 Å². The fourth-order valence-corrected chi connectivity index (χ4v) is 1.76. The minimum Gasteiger partial charge on any atom is -0.497 e. The highest BCUT2D eigenvalue weighted by atomic mass is 16.5. The first-order chi connectivity index (χ1) is 9.22. The fourth-order valence-electron chi connectivity index (χ4n) is 1.76. The van der Waals surface area contributed by atoms with E-state index in [0.717, 1.165) is 16.7 Å². The molecule has 0 fully saturated rings. The molecule has 0 saturated heterocycles. The van der Waals surface area contributed by atoms with E-state index in [-0.39, 0.29) is 12.5 Å². The summed E-state index contributed by atoms with van der Waals surface area (Å²) in [5, 5.41) is 6.72. The number of anilines is 1. The first-order valence-electron chi connectivity index (χ1n) is 6.18. The van der Waals surface area contributed by atoms with Gasteiger partial charge in [-0.15, -0.1) is 0 Å². The second-order valence-electron chi connectivity index (χ2n) is 4.06. The molecule has 5 heteroatoms. The minimum atomic E-state index is -0.0425. The molecular weight excluding hydrogens is 242 g/mol. The van der Waals surface area contributed by atoms with E-state index >= 15 is 0 Å². The molecule has 2 aromatic rings. The van der Waals surface area contributed by atoms with Crippen molar-refractivity contribution in [3.63, 3.8) is 0 Å². The molecule has 0 saturated carbocycles. The Hall–Kier alpha value is -2.30. The van der Waals surface area contributed by atoms with E-state index in [4.69, 9.17) is 4.74 Å². The SMILES string of the molecule is CCNC(=O)CNc1ccc2cc(OC)ccc2n1. The van der Waals surface area contributed by atoms with Crippen LogP contribution in [0.15, 0.2) is 30.3 Å². The molecule has 5 nitrogen and oxygen atoms in total. The number of hydrogen-bond acceptors (Lipinski definition) is 4. The number of rotatable bonds is 5. The summed E-state index contributed by atoms with van der Waals surface area (Å²) in [5.74, 6) is 1.44. The van der Waals surface area contributed by atoms with E-state index in [1.54, 1.807) is 7.11 Å². The summed E-state index contributed by atoms with van der Waals surface area (Å²) in [6, 6.07) is 9.48. The third-order valence-electron chi connectivity index (χ3n) is 2.70. The molecule has 1 aromatic carbocycles. The summed E-state index contributed by atoms with van der Waals surface area (Å²) in [6.07, 6.45) is 0. The first-order valence-corrected chi connectivity index (χ1v) is 6.18. The number of aromatic nitrogens is 1. The molecule has 19 heavy (non-hydrogen) atoms. The van der Waals surface area contributed by atoms with Crippen LogP contribution in [0.2, 0.25) is 0 Å². The highest BCUT2D eigenvalue weighted by Gasteiger charge is 2.02. The standard InChI is InChI=1S/C14H17N3O2/c1-3-15-14(18)9-16-13-7-4-10-8-11(19-2)5-6-12(10)17-13/h4-8H,3,9H2,1-2H3,(H,15,18)(H,16,17). The van der Waals surface area contributed by atoms with Gasteiger partial charge in [0.2, 0.25) is 5.91 Å². The largest absolute Gasteiger partial charge is 0.497 e. The van der Waals surface area contributed by atoms with Gasteiger partial charge in [0.05, 0.1) is 19.2 Å². The second kappa shape index (κ2) is 6.04. The fraction of sp³-hybridized carbons (Fsp3) is 0.286. The van der Waals surface area contributed by atoms with Crippen molar-refractivity contribution in [3.8, 4) is 5.75 Å². The van der Waals surface area contributed by atoms with Crippen LogP contribution < -0.4 is 15.4 Å². The van der Waals surface area contributed by atoms with E-state index in [9.17, 15) is 4.79 Å². The number of hydrogen-bond donors (Lipinski definition) is 2. The predicted octanol–water partition coefficient (Wildman–Crippen LogP) is 1.79. The lowest BCUT2D eigenvalue weighted by molar-refractivity contribution is -0.119. The summed E-state index contributed by atoms with van der Waals surface area (Å²) < 4.78 is 5.16. The quantitative estimate of drug-likeness (QED) is 0.859. The van der Waals surface area contributed by atoms with Crippen LogP contribution in [0.1, 0.15) is 6.92 Å². The Labute approximate surface area is 112 Å². The second-order valence-corrected chi connectivity index (χ2v) is 4.06. The first kappa shape index (κ1) is 13.1. The van der Waals surface area contributed by atoms with Crippen LogP contribution >= 0.6 is 0 Å². The summed E-state index contributed by atoms with van der Waals surface area (Å²) in [4.78, 5) is 15.8. The van der Waals surface area contributed by atoms with Crippen molar-refractivity contribution < 1.29 is 9.53 Å². The van der Waals surface area contributed by atoms with Crippen LogP contribution in [0.4, 0.5) is 5.82 Å². The highest BCUT2D eigenvalue weighted by molar-refractivity contribution is 5.83. The zero-order chi connectivity index (χ0) is 13.7. The summed E-state index contributed by atoms with van der Waals surface area (Å²) in [7, 11) is 1.64. The number of benzene rings is 1.